The van der Waals surface area contributed by atoms with Crippen LogP contribution in [-0.4, -0.2) is 10.7 Å². The Labute approximate surface area is 75.2 Å². The Hall–Kier alpha value is -0.480. The largest absolute Gasteiger partial charge is 0.390 e. The van der Waals surface area contributed by atoms with E-state index in [1.54, 1.807) is 0 Å². The smallest absolute Gasteiger partial charge is 0.0631 e. The summed E-state index contributed by atoms with van der Waals surface area (Å²) in [6, 6.07) is 0. The van der Waals surface area contributed by atoms with Gasteiger partial charge in [0.05, 0.1) is 5.60 Å². The van der Waals surface area contributed by atoms with E-state index in [9.17, 15) is 5.11 Å². The van der Waals surface area contributed by atoms with Crippen LogP contribution in [0, 0.1) is 17.8 Å². The van der Waals surface area contributed by atoms with E-state index < -0.39 is 5.60 Å². The highest BCUT2D eigenvalue weighted by molar-refractivity contribution is 4.97. The third-order valence-electron chi connectivity index (χ3n) is 2.39. The van der Waals surface area contributed by atoms with E-state index in [4.69, 9.17) is 0 Å². The van der Waals surface area contributed by atoms with Gasteiger partial charge in [-0.3, -0.25) is 0 Å². The summed E-state index contributed by atoms with van der Waals surface area (Å²) in [6.45, 7) is 3.78. The highest BCUT2D eigenvalue weighted by Crippen LogP contribution is 2.37. The molecule has 1 unspecified atom stereocenters. The fourth-order valence-corrected chi connectivity index (χ4v) is 1.50. The van der Waals surface area contributed by atoms with Gasteiger partial charge in [0.15, 0.2) is 0 Å². The van der Waals surface area contributed by atoms with Crippen LogP contribution in [0.25, 0.3) is 0 Å². The molecule has 1 nitrogen and oxygen atoms in total. The van der Waals surface area contributed by atoms with E-state index in [1.165, 1.54) is 12.8 Å². The van der Waals surface area contributed by atoms with Crippen LogP contribution >= 0.6 is 0 Å². The summed E-state index contributed by atoms with van der Waals surface area (Å²) in [4.78, 5) is 0. The molecule has 12 heavy (non-hydrogen) atoms. The van der Waals surface area contributed by atoms with Crippen molar-refractivity contribution in [3.63, 3.8) is 0 Å². The van der Waals surface area contributed by atoms with E-state index >= 15 is 0 Å². The zero-order valence-corrected chi connectivity index (χ0v) is 8.06. The van der Waals surface area contributed by atoms with Gasteiger partial charge in [-0.2, -0.15) is 0 Å². The average molecular weight is 166 g/mol. The predicted molar refractivity (Wildman–Crippen MR) is 50.6 cm³/mol. The van der Waals surface area contributed by atoms with Crippen molar-refractivity contribution in [3.8, 4) is 11.8 Å². The van der Waals surface area contributed by atoms with Gasteiger partial charge in [-0.15, -0.1) is 11.8 Å². The van der Waals surface area contributed by atoms with E-state index in [0.29, 0.717) is 0 Å². The minimum Gasteiger partial charge on any atom is -0.390 e. The van der Waals surface area contributed by atoms with Crippen molar-refractivity contribution in [2.75, 3.05) is 0 Å². The second kappa shape index (κ2) is 3.96. The summed E-state index contributed by atoms with van der Waals surface area (Å²) < 4.78 is 0. The Kier molecular flexibility index (Phi) is 3.17. The van der Waals surface area contributed by atoms with Crippen LogP contribution in [-0.2, 0) is 0 Å². The maximum absolute atomic E-state index is 9.88. The second-order valence-corrected chi connectivity index (χ2v) is 4.07. The Morgan fingerprint density at radius 3 is 2.67 bits per heavy atom. The minimum atomic E-state index is -0.467. The molecule has 0 spiro atoms. The molecule has 1 saturated carbocycles. The van der Waals surface area contributed by atoms with Gasteiger partial charge in [0.25, 0.3) is 0 Å². The van der Waals surface area contributed by atoms with Crippen LogP contribution in [0.15, 0.2) is 0 Å². The third-order valence-corrected chi connectivity index (χ3v) is 2.39. The van der Waals surface area contributed by atoms with Crippen molar-refractivity contribution < 1.29 is 5.11 Å². The molecule has 0 aromatic rings. The van der Waals surface area contributed by atoms with Gasteiger partial charge in [-0.05, 0) is 32.6 Å². The first-order chi connectivity index (χ1) is 5.64. The molecule has 0 amide bonds. The Bertz CT molecular complexity index is 191. The van der Waals surface area contributed by atoms with Gasteiger partial charge in [-0.1, -0.05) is 12.8 Å². The summed E-state index contributed by atoms with van der Waals surface area (Å²) in [6.07, 6.45) is 5.25. The minimum absolute atomic E-state index is 0.467. The number of hydrogen-bond donors (Lipinski definition) is 1. The molecule has 0 aromatic heterocycles. The molecule has 1 atom stereocenters. The quantitative estimate of drug-likeness (QED) is 0.635. The van der Waals surface area contributed by atoms with Crippen molar-refractivity contribution in [2.45, 2.75) is 51.6 Å². The molecule has 0 heterocycles. The van der Waals surface area contributed by atoms with Crippen molar-refractivity contribution in [2.24, 2.45) is 5.92 Å². The van der Waals surface area contributed by atoms with Crippen LogP contribution in [0.3, 0.4) is 0 Å². The van der Waals surface area contributed by atoms with Gasteiger partial charge < -0.3 is 5.11 Å². The van der Waals surface area contributed by atoms with Crippen molar-refractivity contribution in [1.82, 2.24) is 0 Å². The molecule has 1 N–H and O–H groups in total. The average Bonchev–Trinajstić information content (AvgIpc) is 2.71. The van der Waals surface area contributed by atoms with Gasteiger partial charge in [-0.25, -0.2) is 0 Å². The molecule has 0 saturated heterocycles. The molecular formula is C11H18O. The summed E-state index contributed by atoms with van der Waals surface area (Å²) in [5, 5.41) is 9.88. The molecule has 0 aromatic carbocycles. The summed E-state index contributed by atoms with van der Waals surface area (Å²) in [7, 11) is 0. The normalized spacial score (nSPS) is 20.9. The number of rotatable bonds is 4. The molecule has 1 rings (SSSR count). The fourth-order valence-electron chi connectivity index (χ4n) is 1.50. The first-order valence-corrected chi connectivity index (χ1v) is 4.76. The lowest BCUT2D eigenvalue weighted by Gasteiger charge is -2.21. The lowest BCUT2D eigenvalue weighted by Crippen LogP contribution is -2.24. The molecule has 1 fully saturated rings. The maximum atomic E-state index is 9.88. The van der Waals surface area contributed by atoms with Crippen LogP contribution in [0.5, 0.6) is 0 Å². The van der Waals surface area contributed by atoms with Crippen LogP contribution < -0.4 is 0 Å². The highest BCUT2D eigenvalue weighted by Gasteiger charge is 2.30. The zero-order valence-electron chi connectivity index (χ0n) is 8.06. The standard InChI is InChI=1S/C11H18O/c1-3-4-5-8-11(2,12)9-10-6-7-10/h10,12H,5-9H2,1-2H3. The van der Waals surface area contributed by atoms with Gasteiger partial charge >= 0.3 is 0 Å². The summed E-state index contributed by atoms with van der Waals surface area (Å²) in [5.41, 5.74) is -0.467. The Morgan fingerprint density at radius 1 is 1.50 bits per heavy atom. The molecule has 0 bridgehead atoms. The first-order valence-electron chi connectivity index (χ1n) is 4.76. The fraction of sp³-hybridized carbons (Fsp3) is 0.818. The third kappa shape index (κ3) is 3.78. The zero-order chi connectivity index (χ0) is 9.03. The molecule has 1 aliphatic carbocycles. The van der Waals surface area contributed by atoms with Crippen LogP contribution in [0.4, 0.5) is 0 Å². The van der Waals surface area contributed by atoms with E-state index in [-0.39, 0.29) is 0 Å². The molecule has 1 heteroatoms. The molecule has 1 aliphatic rings. The maximum Gasteiger partial charge on any atom is 0.0631 e. The van der Waals surface area contributed by atoms with E-state index in [1.807, 2.05) is 13.8 Å². The topological polar surface area (TPSA) is 20.2 Å². The van der Waals surface area contributed by atoms with Crippen LogP contribution in [0.1, 0.15) is 46.0 Å². The molecule has 0 radical (unpaired) electrons. The lowest BCUT2D eigenvalue weighted by molar-refractivity contribution is 0.0379. The summed E-state index contributed by atoms with van der Waals surface area (Å²) >= 11 is 0. The van der Waals surface area contributed by atoms with Crippen molar-refractivity contribution in [1.29, 1.82) is 0 Å². The van der Waals surface area contributed by atoms with Crippen molar-refractivity contribution in [3.05, 3.63) is 0 Å². The number of aliphatic hydroxyl groups is 1. The monoisotopic (exact) mass is 166 g/mol. The highest BCUT2D eigenvalue weighted by atomic mass is 16.3. The second-order valence-electron chi connectivity index (χ2n) is 4.07. The van der Waals surface area contributed by atoms with Gasteiger partial charge in [0.1, 0.15) is 0 Å². The van der Waals surface area contributed by atoms with E-state index in [2.05, 4.69) is 11.8 Å². The Balaban J connectivity index is 2.19. The lowest BCUT2D eigenvalue weighted by atomic mass is 9.94. The molecule has 68 valence electrons. The summed E-state index contributed by atoms with van der Waals surface area (Å²) in [5.74, 6) is 6.64. The SMILES string of the molecule is CC#CCCC(C)(O)CC1CC1. The first kappa shape index (κ1) is 9.61. The van der Waals surface area contributed by atoms with Gasteiger partial charge in [0, 0.05) is 6.42 Å². The Morgan fingerprint density at radius 2 is 2.17 bits per heavy atom. The van der Waals surface area contributed by atoms with Crippen LogP contribution in [0.2, 0.25) is 0 Å². The van der Waals surface area contributed by atoms with E-state index in [0.717, 1.165) is 25.2 Å². The van der Waals surface area contributed by atoms with Gasteiger partial charge in [0.2, 0.25) is 0 Å². The number of hydrogen-bond acceptors (Lipinski definition) is 1. The van der Waals surface area contributed by atoms with Crippen molar-refractivity contribution >= 4 is 0 Å². The molecule has 0 aliphatic heterocycles. The molecular weight excluding hydrogens is 148 g/mol. The predicted octanol–water partition coefficient (Wildman–Crippen LogP) is 2.34.